The fraction of sp³-hybridized carbons (Fsp3) is 0.364. The van der Waals surface area contributed by atoms with E-state index in [1.807, 2.05) is 0 Å². The lowest BCUT2D eigenvalue weighted by Gasteiger charge is -2.12. The maximum atomic E-state index is 12.9. The summed E-state index contributed by atoms with van der Waals surface area (Å²) in [7, 11) is -3.04. The molecule has 5 nitrogen and oxygen atoms in total. The van der Waals surface area contributed by atoms with Crippen molar-refractivity contribution in [2.24, 2.45) is 0 Å². The van der Waals surface area contributed by atoms with Crippen molar-refractivity contribution in [3.05, 3.63) is 29.0 Å². The molecule has 2 rings (SSSR count). The van der Waals surface area contributed by atoms with Crippen molar-refractivity contribution in [2.75, 3.05) is 16.8 Å². The zero-order valence-electron chi connectivity index (χ0n) is 9.82. The normalized spacial score (nSPS) is 21.1. The van der Waals surface area contributed by atoms with E-state index in [0.29, 0.717) is 12.1 Å². The molecule has 104 valence electrons. The van der Waals surface area contributed by atoms with Crippen molar-refractivity contribution < 1.29 is 17.6 Å². The SMILES string of the molecule is O=C(Nc1ccc(F)c(Cl)c1)NC1CCS(=O)(=O)C1. The number of amides is 2. The van der Waals surface area contributed by atoms with Crippen molar-refractivity contribution in [1.29, 1.82) is 0 Å². The van der Waals surface area contributed by atoms with Gasteiger partial charge in [-0.25, -0.2) is 17.6 Å². The minimum atomic E-state index is -3.04. The van der Waals surface area contributed by atoms with E-state index in [0.717, 1.165) is 6.07 Å². The van der Waals surface area contributed by atoms with Crippen LogP contribution in [0.2, 0.25) is 5.02 Å². The van der Waals surface area contributed by atoms with Crippen LogP contribution in [0.1, 0.15) is 6.42 Å². The van der Waals surface area contributed by atoms with E-state index in [1.54, 1.807) is 0 Å². The highest BCUT2D eigenvalue weighted by molar-refractivity contribution is 7.91. The maximum Gasteiger partial charge on any atom is 0.319 e. The first kappa shape index (κ1) is 14.1. The van der Waals surface area contributed by atoms with Crippen molar-refractivity contribution in [3.63, 3.8) is 0 Å². The van der Waals surface area contributed by atoms with Crippen LogP contribution < -0.4 is 10.6 Å². The summed E-state index contributed by atoms with van der Waals surface area (Å²) in [6, 6.07) is 2.86. The summed E-state index contributed by atoms with van der Waals surface area (Å²) in [4.78, 5) is 11.6. The first-order chi connectivity index (χ1) is 8.85. The highest BCUT2D eigenvalue weighted by Gasteiger charge is 2.28. The van der Waals surface area contributed by atoms with Gasteiger partial charge in [-0.2, -0.15) is 0 Å². The van der Waals surface area contributed by atoms with Crippen LogP contribution in [0.3, 0.4) is 0 Å². The third-order valence-corrected chi connectivity index (χ3v) is 4.80. The number of carbonyl (C=O) groups is 1. The molecule has 8 heteroatoms. The van der Waals surface area contributed by atoms with Crippen LogP contribution in [-0.4, -0.2) is 32.0 Å². The van der Waals surface area contributed by atoms with Gasteiger partial charge >= 0.3 is 6.03 Å². The van der Waals surface area contributed by atoms with Crippen molar-refractivity contribution >= 4 is 33.2 Å². The molecule has 0 spiro atoms. The van der Waals surface area contributed by atoms with Crippen LogP contribution in [-0.2, 0) is 9.84 Å². The molecular formula is C11H12ClFN2O3S. The monoisotopic (exact) mass is 306 g/mol. The van der Waals surface area contributed by atoms with Gasteiger partial charge in [-0.1, -0.05) is 11.6 Å². The lowest BCUT2D eigenvalue weighted by Crippen LogP contribution is -2.38. The van der Waals surface area contributed by atoms with E-state index in [-0.39, 0.29) is 22.6 Å². The average Bonchev–Trinajstić information content (AvgIpc) is 2.63. The zero-order chi connectivity index (χ0) is 14.0. The molecule has 0 radical (unpaired) electrons. The predicted octanol–water partition coefficient (Wildman–Crippen LogP) is 1.79. The summed E-state index contributed by atoms with van der Waals surface area (Å²) in [5.41, 5.74) is 0.338. The number of sulfone groups is 1. The van der Waals surface area contributed by atoms with E-state index < -0.39 is 21.7 Å². The Labute approximate surface area is 115 Å². The number of hydrogen-bond donors (Lipinski definition) is 2. The van der Waals surface area contributed by atoms with E-state index >= 15 is 0 Å². The zero-order valence-corrected chi connectivity index (χ0v) is 11.4. The molecule has 0 saturated carbocycles. The second kappa shape index (κ2) is 5.34. The highest BCUT2D eigenvalue weighted by atomic mass is 35.5. The third kappa shape index (κ3) is 3.81. The molecule has 0 aromatic heterocycles. The van der Waals surface area contributed by atoms with Crippen LogP contribution in [0.5, 0.6) is 0 Å². The second-order valence-corrected chi connectivity index (χ2v) is 6.96. The standard InChI is InChI=1S/C11H12ClFN2O3S/c12-9-5-7(1-2-10(9)13)14-11(16)15-8-3-4-19(17,18)6-8/h1-2,5,8H,3-4,6H2,(H2,14,15,16). The van der Waals surface area contributed by atoms with Gasteiger partial charge in [0.1, 0.15) is 5.82 Å². The van der Waals surface area contributed by atoms with Crippen LogP contribution in [0.15, 0.2) is 18.2 Å². The van der Waals surface area contributed by atoms with Gasteiger partial charge in [-0.15, -0.1) is 0 Å². The molecule has 2 amide bonds. The number of rotatable bonds is 2. The maximum absolute atomic E-state index is 12.9. The summed E-state index contributed by atoms with van der Waals surface area (Å²) >= 11 is 5.58. The number of hydrogen-bond acceptors (Lipinski definition) is 3. The molecule has 0 bridgehead atoms. The van der Waals surface area contributed by atoms with Gasteiger partial charge in [0, 0.05) is 11.7 Å². The Balaban J connectivity index is 1.93. The fourth-order valence-electron chi connectivity index (χ4n) is 1.84. The Bertz CT molecular complexity index is 606. The second-order valence-electron chi connectivity index (χ2n) is 4.33. The molecule has 1 unspecified atom stereocenters. The van der Waals surface area contributed by atoms with Gasteiger partial charge < -0.3 is 10.6 Å². The van der Waals surface area contributed by atoms with Gasteiger partial charge in [0.15, 0.2) is 9.84 Å². The number of halogens is 2. The molecular weight excluding hydrogens is 295 g/mol. The van der Waals surface area contributed by atoms with Crippen LogP contribution >= 0.6 is 11.6 Å². The summed E-state index contributed by atoms with van der Waals surface area (Å²) in [5.74, 6) is -0.542. The summed E-state index contributed by atoms with van der Waals surface area (Å²) < 4.78 is 35.4. The highest BCUT2D eigenvalue weighted by Crippen LogP contribution is 2.19. The van der Waals surface area contributed by atoms with Crippen LogP contribution in [0.4, 0.5) is 14.9 Å². The number of urea groups is 1. The van der Waals surface area contributed by atoms with E-state index in [2.05, 4.69) is 10.6 Å². The first-order valence-electron chi connectivity index (χ1n) is 5.59. The van der Waals surface area contributed by atoms with Crippen molar-refractivity contribution in [2.45, 2.75) is 12.5 Å². The molecule has 1 aliphatic rings. The predicted molar refractivity (Wildman–Crippen MR) is 70.6 cm³/mol. The fourth-order valence-corrected chi connectivity index (χ4v) is 3.69. The number of benzene rings is 1. The molecule has 1 atom stereocenters. The first-order valence-corrected chi connectivity index (χ1v) is 7.79. The Hall–Kier alpha value is -1.34. The molecule has 19 heavy (non-hydrogen) atoms. The number of nitrogens with one attached hydrogen (secondary N) is 2. The minimum absolute atomic E-state index is 0.0510. The topological polar surface area (TPSA) is 75.3 Å². The Kier molecular flexibility index (Phi) is 3.96. The molecule has 0 aliphatic carbocycles. The lowest BCUT2D eigenvalue weighted by molar-refractivity contribution is 0.249. The Morgan fingerprint density at radius 1 is 1.42 bits per heavy atom. The van der Waals surface area contributed by atoms with Crippen LogP contribution in [0.25, 0.3) is 0 Å². The molecule has 1 saturated heterocycles. The summed E-state index contributed by atoms with van der Waals surface area (Å²) in [6.45, 7) is 0. The average molecular weight is 307 g/mol. The molecule has 1 aromatic carbocycles. The van der Waals surface area contributed by atoms with Gasteiger partial charge in [-0.05, 0) is 24.6 Å². The van der Waals surface area contributed by atoms with E-state index in [9.17, 15) is 17.6 Å². The Morgan fingerprint density at radius 2 is 2.16 bits per heavy atom. The van der Waals surface area contributed by atoms with E-state index in [1.165, 1.54) is 12.1 Å². The van der Waals surface area contributed by atoms with Gasteiger partial charge in [0.25, 0.3) is 0 Å². The quantitative estimate of drug-likeness (QED) is 0.874. The number of carbonyl (C=O) groups excluding carboxylic acids is 1. The molecule has 1 fully saturated rings. The molecule has 2 N–H and O–H groups in total. The van der Waals surface area contributed by atoms with Crippen molar-refractivity contribution in [1.82, 2.24) is 5.32 Å². The van der Waals surface area contributed by atoms with Gasteiger partial charge in [-0.3, -0.25) is 0 Å². The third-order valence-electron chi connectivity index (χ3n) is 2.75. The Morgan fingerprint density at radius 3 is 2.74 bits per heavy atom. The molecule has 1 heterocycles. The minimum Gasteiger partial charge on any atom is -0.334 e. The molecule has 1 aliphatic heterocycles. The van der Waals surface area contributed by atoms with Gasteiger partial charge in [0.2, 0.25) is 0 Å². The largest absolute Gasteiger partial charge is 0.334 e. The van der Waals surface area contributed by atoms with E-state index in [4.69, 9.17) is 11.6 Å². The number of anilines is 1. The lowest BCUT2D eigenvalue weighted by atomic mass is 10.3. The smallest absolute Gasteiger partial charge is 0.319 e. The molecule has 1 aromatic rings. The summed E-state index contributed by atoms with van der Waals surface area (Å²) in [6.07, 6.45) is 0.403. The van der Waals surface area contributed by atoms with Crippen molar-refractivity contribution in [3.8, 4) is 0 Å². The summed E-state index contributed by atoms with van der Waals surface area (Å²) in [5, 5.41) is 4.92. The van der Waals surface area contributed by atoms with Crippen LogP contribution in [0, 0.1) is 5.82 Å². The van der Waals surface area contributed by atoms with Gasteiger partial charge in [0.05, 0.1) is 16.5 Å².